The fourth-order valence-electron chi connectivity index (χ4n) is 0.981. The second kappa shape index (κ2) is 6.29. The van der Waals surface area contributed by atoms with Crippen molar-refractivity contribution in [2.45, 2.75) is 12.7 Å². The monoisotopic (exact) mass is 249 g/mol. The van der Waals surface area contributed by atoms with Crippen molar-refractivity contribution in [3.63, 3.8) is 0 Å². The minimum atomic E-state index is -5.03. The van der Waals surface area contributed by atoms with Crippen molar-refractivity contribution in [1.82, 2.24) is 4.98 Å². The Bertz CT molecular complexity index is 316. The van der Waals surface area contributed by atoms with Gasteiger partial charge in [-0.2, -0.15) is 0 Å². The molecule has 0 aromatic carbocycles. The van der Waals surface area contributed by atoms with Gasteiger partial charge in [0.25, 0.3) is 6.43 Å². The molecule has 0 aliphatic rings. The Labute approximate surface area is 126 Å². The van der Waals surface area contributed by atoms with Gasteiger partial charge in [-0.3, -0.25) is 4.98 Å². The van der Waals surface area contributed by atoms with E-state index in [1.54, 1.807) is 0 Å². The van der Waals surface area contributed by atoms with Crippen molar-refractivity contribution in [2.75, 3.05) is 0 Å². The fourth-order valence-corrected chi connectivity index (χ4v) is 0.981. The molecule has 0 saturated heterocycles. The standard InChI is InChI=1S/C7H6BF5N.K/c9-7(10)5-1-2-14-6(3-5)4-8(11,12)13;/h1-3,7H,4H2;/q-1;+1. The van der Waals surface area contributed by atoms with Crippen molar-refractivity contribution in [3.05, 3.63) is 29.6 Å². The van der Waals surface area contributed by atoms with E-state index in [1.165, 1.54) is 0 Å². The Hall–Kier alpha value is 0.501. The van der Waals surface area contributed by atoms with Crippen LogP contribution < -0.4 is 51.4 Å². The third-order valence-electron chi connectivity index (χ3n) is 1.53. The first-order valence-electron chi connectivity index (χ1n) is 3.82. The molecule has 78 valence electrons. The van der Waals surface area contributed by atoms with Crippen molar-refractivity contribution >= 4 is 6.98 Å². The summed E-state index contributed by atoms with van der Waals surface area (Å²) in [7, 11) is 0. The van der Waals surface area contributed by atoms with E-state index in [0.29, 0.717) is 0 Å². The van der Waals surface area contributed by atoms with E-state index < -0.39 is 25.3 Å². The molecule has 0 unspecified atom stereocenters. The molecule has 0 bridgehead atoms. The maximum Gasteiger partial charge on any atom is 1.00 e. The molecule has 0 spiro atoms. The Morgan fingerprint density at radius 1 is 1.27 bits per heavy atom. The zero-order valence-corrected chi connectivity index (χ0v) is 11.1. The van der Waals surface area contributed by atoms with Gasteiger partial charge < -0.3 is 12.9 Å². The molecular weight excluding hydrogens is 243 g/mol. The topological polar surface area (TPSA) is 12.9 Å². The number of hydrogen-bond donors (Lipinski definition) is 0. The van der Waals surface area contributed by atoms with Gasteiger partial charge in [0.05, 0.1) is 0 Å². The first-order valence-corrected chi connectivity index (χ1v) is 3.82. The molecule has 0 N–H and O–H groups in total. The summed E-state index contributed by atoms with van der Waals surface area (Å²) in [5.41, 5.74) is -0.801. The van der Waals surface area contributed by atoms with Crippen LogP contribution in [0.1, 0.15) is 17.7 Å². The molecule has 0 radical (unpaired) electrons. The third-order valence-corrected chi connectivity index (χ3v) is 1.53. The molecule has 1 rings (SSSR count). The maximum atomic E-state index is 12.1. The van der Waals surface area contributed by atoms with Crippen molar-refractivity contribution in [2.24, 2.45) is 0 Å². The molecule has 0 fully saturated rings. The van der Waals surface area contributed by atoms with Gasteiger partial charge in [-0.15, -0.1) is 0 Å². The second-order valence-corrected chi connectivity index (χ2v) is 2.80. The summed E-state index contributed by atoms with van der Waals surface area (Å²) in [6.07, 6.45) is -3.03. The maximum absolute atomic E-state index is 12.1. The predicted octanol–water partition coefficient (Wildman–Crippen LogP) is -0.0477. The predicted molar refractivity (Wildman–Crippen MR) is 42.0 cm³/mol. The van der Waals surface area contributed by atoms with Crippen molar-refractivity contribution < 1.29 is 73.1 Å². The SMILES string of the molecule is FC(F)c1ccnc(C[B-](F)(F)F)c1.[K+]. The summed E-state index contributed by atoms with van der Waals surface area (Å²) in [6, 6.07) is 1.78. The minimum Gasteiger partial charge on any atom is -0.449 e. The number of hydrogen-bond acceptors (Lipinski definition) is 1. The fraction of sp³-hybridized carbons (Fsp3) is 0.286. The summed E-state index contributed by atoms with van der Waals surface area (Å²) in [6.45, 7) is -5.03. The van der Waals surface area contributed by atoms with E-state index in [0.717, 1.165) is 18.3 Å². The molecule has 1 heterocycles. The van der Waals surface area contributed by atoms with Crippen LogP contribution >= 0.6 is 0 Å². The second-order valence-electron chi connectivity index (χ2n) is 2.80. The van der Waals surface area contributed by atoms with Gasteiger partial charge in [0.2, 0.25) is 0 Å². The van der Waals surface area contributed by atoms with Gasteiger partial charge >= 0.3 is 58.4 Å². The summed E-state index contributed by atoms with van der Waals surface area (Å²) in [5, 5.41) is 0. The van der Waals surface area contributed by atoms with Crippen LogP contribution in [0.2, 0.25) is 0 Å². The third kappa shape index (κ3) is 5.96. The average molecular weight is 249 g/mol. The van der Waals surface area contributed by atoms with Gasteiger partial charge in [0.1, 0.15) is 0 Å². The zero-order valence-electron chi connectivity index (χ0n) is 7.93. The first kappa shape index (κ1) is 15.5. The van der Waals surface area contributed by atoms with E-state index in [-0.39, 0.29) is 57.1 Å². The van der Waals surface area contributed by atoms with Crippen LogP contribution in [0.3, 0.4) is 0 Å². The number of rotatable bonds is 3. The summed E-state index contributed by atoms with van der Waals surface area (Å²) >= 11 is 0. The van der Waals surface area contributed by atoms with E-state index in [4.69, 9.17) is 0 Å². The number of nitrogens with zero attached hydrogens (tertiary/aromatic N) is 1. The van der Waals surface area contributed by atoms with Crippen LogP contribution in [0, 0.1) is 0 Å². The molecule has 0 aliphatic carbocycles. The summed E-state index contributed by atoms with van der Waals surface area (Å²) in [5.74, 6) is 0. The zero-order chi connectivity index (χ0) is 10.8. The average Bonchev–Trinajstić information content (AvgIpc) is 2.01. The molecule has 0 aliphatic heterocycles. The molecule has 8 heteroatoms. The Morgan fingerprint density at radius 2 is 1.87 bits per heavy atom. The van der Waals surface area contributed by atoms with Gasteiger partial charge in [-0.25, -0.2) is 8.78 Å². The van der Waals surface area contributed by atoms with Crippen LogP contribution in [0.15, 0.2) is 18.3 Å². The van der Waals surface area contributed by atoms with Crippen LogP contribution in [0.25, 0.3) is 0 Å². The number of halogens is 5. The Morgan fingerprint density at radius 3 is 2.33 bits per heavy atom. The quantitative estimate of drug-likeness (QED) is 0.540. The van der Waals surface area contributed by atoms with E-state index >= 15 is 0 Å². The molecule has 15 heavy (non-hydrogen) atoms. The van der Waals surface area contributed by atoms with Crippen LogP contribution in [-0.4, -0.2) is 12.0 Å². The molecule has 0 saturated carbocycles. The summed E-state index contributed by atoms with van der Waals surface area (Å²) < 4.78 is 59.9. The minimum absolute atomic E-state index is 0. The van der Waals surface area contributed by atoms with Crippen molar-refractivity contribution in [1.29, 1.82) is 0 Å². The number of aromatic nitrogens is 1. The number of alkyl halides is 2. The molecule has 1 nitrogen and oxygen atoms in total. The van der Waals surface area contributed by atoms with Gasteiger partial charge in [-0.1, -0.05) is 0 Å². The van der Waals surface area contributed by atoms with Gasteiger partial charge in [0, 0.05) is 17.5 Å². The van der Waals surface area contributed by atoms with Crippen LogP contribution in [0.4, 0.5) is 21.7 Å². The van der Waals surface area contributed by atoms with Crippen LogP contribution in [0.5, 0.6) is 0 Å². The Balaban J connectivity index is 0.00000196. The van der Waals surface area contributed by atoms with Crippen molar-refractivity contribution in [3.8, 4) is 0 Å². The molecule has 1 aromatic heterocycles. The summed E-state index contributed by atoms with van der Waals surface area (Å²) in [4.78, 5) is 3.37. The van der Waals surface area contributed by atoms with Crippen LogP contribution in [-0.2, 0) is 6.32 Å². The first-order chi connectivity index (χ1) is 6.38. The van der Waals surface area contributed by atoms with E-state index in [2.05, 4.69) is 4.98 Å². The molecule has 0 amide bonds. The number of pyridine rings is 1. The molecular formula is C7H6BF5KN. The molecule has 1 aromatic rings. The van der Waals surface area contributed by atoms with E-state index in [1.807, 2.05) is 0 Å². The molecule has 0 atom stereocenters. The van der Waals surface area contributed by atoms with Gasteiger partial charge in [0.15, 0.2) is 0 Å². The van der Waals surface area contributed by atoms with E-state index in [9.17, 15) is 21.7 Å². The smallest absolute Gasteiger partial charge is 0.449 e. The Kier molecular flexibility index (Phi) is 6.50. The largest absolute Gasteiger partial charge is 1.00 e. The normalized spacial score (nSPS) is 11.3. The van der Waals surface area contributed by atoms with Gasteiger partial charge in [-0.05, 0) is 18.5 Å².